The fraction of sp³-hybridized carbons (Fsp3) is 0.188. The van der Waals surface area contributed by atoms with Crippen LogP contribution in [0.4, 0.5) is 5.69 Å². The van der Waals surface area contributed by atoms with E-state index in [2.05, 4.69) is 24.0 Å². The molecular formula is C16H17NO2. The molecule has 1 unspecified atom stereocenters. The summed E-state index contributed by atoms with van der Waals surface area (Å²) < 4.78 is 0. The predicted octanol–water partition coefficient (Wildman–Crippen LogP) is 3.58. The SMILES string of the molecule is CC(c1ccccc1)N(C)c1cccc(C(=O)O)c1. The zero-order chi connectivity index (χ0) is 13.8. The molecule has 0 saturated heterocycles. The summed E-state index contributed by atoms with van der Waals surface area (Å²) in [5, 5.41) is 9.03. The number of nitrogens with zero attached hydrogens (tertiary/aromatic N) is 1. The second kappa shape index (κ2) is 5.57. The number of hydrogen-bond acceptors (Lipinski definition) is 2. The number of anilines is 1. The van der Waals surface area contributed by atoms with E-state index in [9.17, 15) is 4.79 Å². The lowest BCUT2D eigenvalue weighted by Gasteiger charge is -2.27. The third kappa shape index (κ3) is 2.94. The van der Waals surface area contributed by atoms with Gasteiger partial charge in [0, 0.05) is 12.7 Å². The molecule has 0 aliphatic rings. The molecule has 0 heterocycles. The first kappa shape index (κ1) is 13.1. The number of aromatic carboxylic acids is 1. The van der Waals surface area contributed by atoms with E-state index in [1.807, 2.05) is 31.3 Å². The van der Waals surface area contributed by atoms with Crippen molar-refractivity contribution in [1.82, 2.24) is 0 Å². The molecule has 2 aromatic rings. The molecule has 98 valence electrons. The molecule has 1 N–H and O–H groups in total. The molecule has 0 saturated carbocycles. The minimum Gasteiger partial charge on any atom is -0.478 e. The Morgan fingerprint density at radius 1 is 1.11 bits per heavy atom. The minimum atomic E-state index is -0.900. The van der Waals surface area contributed by atoms with Crippen molar-refractivity contribution < 1.29 is 9.90 Å². The average Bonchev–Trinajstić information content (AvgIpc) is 2.46. The number of rotatable bonds is 4. The van der Waals surface area contributed by atoms with Crippen molar-refractivity contribution in [1.29, 1.82) is 0 Å². The molecular weight excluding hydrogens is 238 g/mol. The number of hydrogen-bond donors (Lipinski definition) is 1. The molecule has 0 spiro atoms. The van der Waals surface area contributed by atoms with Crippen LogP contribution < -0.4 is 4.90 Å². The largest absolute Gasteiger partial charge is 0.478 e. The van der Waals surface area contributed by atoms with Crippen molar-refractivity contribution in [3.63, 3.8) is 0 Å². The molecule has 0 radical (unpaired) electrons. The van der Waals surface area contributed by atoms with E-state index in [-0.39, 0.29) is 6.04 Å². The van der Waals surface area contributed by atoms with Gasteiger partial charge in [-0.2, -0.15) is 0 Å². The normalized spacial score (nSPS) is 11.9. The van der Waals surface area contributed by atoms with Gasteiger partial charge in [0.05, 0.1) is 11.6 Å². The second-order valence-corrected chi connectivity index (χ2v) is 4.55. The van der Waals surface area contributed by atoms with Crippen LogP contribution in [0.1, 0.15) is 28.9 Å². The van der Waals surface area contributed by atoms with Gasteiger partial charge in [-0.05, 0) is 30.7 Å². The Labute approximate surface area is 113 Å². The van der Waals surface area contributed by atoms with Crippen molar-refractivity contribution in [3.8, 4) is 0 Å². The van der Waals surface area contributed by atoms with Crippen LogP contribution in [0.25, 0.3) is 0 Å². The van der Waals surface area contributed by atoms with Crippen molar-refractivity contribution in [2.24, 2.45) is 0 Å². The Bertz CT molecular complexity index is 566. The molecule has 0 aliphatic heterocycles. The molecule has 0 aromatic heterocycles. The average molecular weight is 255 g/mol. The summed E-state index contributed by atoms with van der Waals surface area (Å²) in [5.41, 5.74) is 2.41. The third-order valence-electron chi connectivity index (χ3n) is 3.36. The summed E-state index contributed by atoms with van der Waals surface area (Å²) in [6, 6.07) is 17.3. The Kier molecular flexibility index (Phi) is 3.85. The van der Waals surface area contributed by atoms with Gasteiger partial charge in [0.25, 0.3) is 0 Å². The van der Waals surface area contributed by atoms with Crippen LogP contribution in [-0.2, 0) is 0 Å². The Hall–Kier alpha value is -2.29. The van der Waals surface area contributed by atoms with E-state index in [0.717, 1.165) is 5.69 Å². The summed E-state index contributed by atoms with van der Waals surface area (Å²) in [7, 11) is 1.97. The lowest BCUT2D eigenvalue weighted by molar-refractivity contribution is 0.0697. The maximum Gasteiger partial charge on any atom is 0.335 e. The van der Waals surface area contributed by atoms with Crippen LogP contribution in [0.15, 0.2) is 54.6 Å². The Balaban J connectivity index is 2.26. The number of carboxylic acids is 1. The van der Waals surface area contributed by atoms with Crippen LogP contribution >= 0.6 is 0 Å². The first-order valence-corrected chi connectivity index (χ1v) is 6.20. The van der Waals surface area contributed by atoms with Gasteiger partial charge in [0.15, 0.2) is 0 Å². The highest BCUT2D eigenvalue weighted by Gasteiger charge is 2.13. The van der Waals surface area contributed by atoms with Crippen molar-refractivity contribution in [3.05, 3.63) is 65.7 Å². The fourth-order valence-corrected chi connectivity index (χ4v) is 2.04. The topological polar surface area (TPSA) is 40.5 Å². The lowest BCUT2D eigenvalue weighted by atomic mass is 10.1. The van der Waals surface area contributed by atoms with E-state index in [1.165, 1.54) is 5.56 Å². The Morgan fingerprint density at radius 3 is 2.42 bits per heavy atom. The summed E-state index contributed by atoms with van der Waals surface area (Å²) >= 11 is 0. The third-order valence-corrected chi connectivity index (χ3v) is 3.36. The van der Waals surface area contributed by atoms with Crippen LogP contribution in [0, 0.1) is 0 Å². The molecule has 2 aromatic carbocycles. The summed E-state index contributed by atoms with van der Waals surface area (Å²) in [5.74, 6) is -0.900. The minimum absolute atomic E-state index is 0.185. The smallest absolute Gasteiger partial charge is 0.335 e. The van der Waals surface area contributed by atoms with E-state index in [4.69, 9.17) is 5.11 Å². The van der Waals surface area contributed by atoms with Gasteiger partial charge in [-0.1, -0.05) is 36.4 Å². The van der Waals surface area contributed by atoms with Gasteiger partial charge in [0.2, 0.25) is 0 Å². The van der Waals surface area contributed by atoms with Gasteiger partial charge in [0.1, 0.15) is 0 Å². The van der Waals surface area contributed by atoms with Crippen molar-refractivity contribution >= 4 is 11.7 Å². The number of benzene rings is 2. The predicted molar refractivity (Wildman–Crippen MR) is 76.7 cm³/mol. The first-order valence-electron chi connectivity index (χ1n) is 6.20. The van der Waals surface area contributed by atoms with Gasteiger partial charge in [-0.3, -0.25) is 0 Å². The maximum absolute atomic E-state index is 11.0. The zero-order valence-corrected chi connectivity index (χ0v) is 11.1. The lowest BCUT2D eigenvalue weighted by Crippen LogP contribution is -2.21. The van der Waals surface area contributed by atoms with Crippen LogP contribution in [-0.4, -0.2) is 18.1 Å². The van der Waals surface area contributed by atoms with E-state index < -0.39 is 5.97 Å². The van der Waals surface area contributed by atoms with Crippen molar-refractivity contribution in [2.45, 2.75) is 13.0 Å². The molecule has 0 bridgehead atoms. The zero-order valence-electron chi connectivity index (χ0n) is 11.1. The molecule has 3 heteroatoms. The molecule has 0 amide bonds. The highest BCUT2D eigenvalue weighted by Crippen LogP contribution is 2.25. The van der Waals surface area contributed by atoms with Crippen LogP contribution in [0.5, 0.6) is 0 Å². The van der Waals surface area contributed by atoms with Crippen molar-refractivity contribution in [2.75, 3.05) is 11.9 Å². The fourth-order valence-electron chi connectivity index (χ4n) is 2.04. The van der Waals surface area contributed by atoms with Gasteiger partial charge in [-0.25, -0.2) is 4.79 Å². The number of carbonyl (C=O) groups is 1. The van der Waals surface area contributed by atoms with E-state index >= 15 is 0 Å². The molecule has 0 fully saturated rings. The summed E-state index contributed by atoms with van der Waals surface area (Å²) in [6.45, 7) is 2.10. The highest BCUT2D eigenvalue weighted by atomic mass is 16.4. The van der Waals surface area contributed by atoms with E-state index in [0.29, 0.717) is 5.56 Å². The number of carboxylic acid groups (broad SMARTS) is 1. The Morgan fingerprint density at radius 2 is 1.79 bits per heavy atom. The quantitative estimate of drug-likeness (QED) is 0.907. The summed E-state index contributed by atoms with van der Waals surface area (Å²) in [4.78, 5) is 13.1. The van der Waals surface area contributed by atoms with Crippen LogP contribution in [0.3, 0.4) is 0 Å². The molecule has 19 heavy (non-hydrogen) atoms. The first-order chi connectivity index (χ1) is 9.09. The van der Waals surface area contributed by atoms with Gasteiger partial charge in [-0.15, -0.1) is 0 Å². The monoisotopic (exact) mass is 255 g/mol. The van der Waals surface area contributed by atoms with Gasteiger partial charge < -0.3 is 10.0 Å². The molecule has 0 aliphatic carbocycles. The van der Waals surface area contributed by atoms with E-state index in [1.54, 1.807) is 18.2 Å². The molecule has 3 nitrogen and oxygen atoms in total. The molecule has 2 rings (SSSR count). The molecule has 1 atom stereocenters. The second-order valence-electron chi connectivity index (χ2n) is 4.55. The summed E-state index contributed by atoms with van der Waals surface area (Å²) in [6.07, 6.45) is 0. The maximum atomic E-state index is 11.0. The standard InChI is InChI=1S/C16H17NO2/c1-12(13-7-4-3-5-8-13)17(2)15-10-6-9-14(11-15)16(18)19/h3-12H,1-2H3,(H,18,19). The van der Waals surface area contributed by atoms with Gasteiger partial charge >= 0.3 is 5.97 Å². The highest BCUT2D eigenvalue weighted by molar-refractivity contribution is 5.88. The van der Waals surface area contributed by atoms with Crippen LogP contribution in [0.2, 0.25) is 0 Å².